The third kappa shape index (κ3) is 29.7. The lowest BCUT2D eigenvalue weighted by atomic mass is 10.00. The molecule has 124 heavy (non-hydrogen) atoms. The first kappa shape index (κ1) is 97.1. The van der Waals surface area contributed by atoms with Gasteiger partial charge in [-0.2, -0.15) is 21.9 Å². The van der Waals surface area contributed by atoms with Crippen LogP contribution in [-0.4, -0.2) is 288 Å². The van der Waals surface area contributed by atoms with Crippen LogP contribution in [0.15, 0.2) is 105 Å². The molecular formula is C78H101N19O24S3. The van der Waals surface area contributed by atoms with E-state index in [9.17, 15) is 113 Å². The Bertz CT molecular complexity index is 5100. The largest absolute Gasteiger partial charge is 0.505 e. The van der Waals surface area contributed by atoms with Crippen molar-refractivity contribution in [2.75, 3.05) is 108 Å². The zero-order valence-corrected chi connectivity index (χ0v) is 70.2. The van der Waals surface area contributed by atoms with Crippen molar-refractivity contribution in [3.63, 3.8) is 0 Å². The van der Waals surface area contributed by atoms with E-state index < -0.39 is 178 Å². The van der Waals surface area contributed by atoms with Crippen molar-refractivity contribution in [3.8, 4) is 16.9 Å². The molecule has 3 heterocycles. The van der Waals surface area contributed by atoms with Crippen molar-refractivity contribution in [2.45, 2.75) is 136 Å². The summed E-state index contributed by atoms with van der Waals surface area (Å²) >= 11 is 0.906. The normalized spacial score (nSPS) is 18.5. The van der Waals surface area contributed by atoms with Gasteiger partial charge in [0.05, 0.1) is 60.4 Å². The number of carbonyl (C=O) groups is 14. The van der Waals surface area contributed by atoms with Gasteiger partial charge in [-0.1, -0.05) is 48.5 Å². The fourth-order valence-electron chi connectivity index (χ4n) is 13.8. The van der Waals surface area contributed by atoms with Crippen LogP contribution in [0.1, 0.15) is 87.3 Å². The highest BCUT2D eigenvalue weighted by Crippen LogP contribution is 2.44. The van der Waals surface area contributed by atoms with Crippen LogP contribution in [-0.2, 0) is 93.8 Å². The summed E-state index contributed by atoms with van der Waals surface area (Å²) in [5, 5.41) is 80.2. The number of nitrogens with two attached hydrogens (primary N) is 2. The Balaban J connectivity index is 0.847. The Morgan fingerprint density at radius 2 is 1.15 bits per heavy atom. The van der Waals surface area contributed by atoms with E-state index >= 15 is 0 Å². The number of amides is 11. The molecule has 3 saturated heterocycles. The van der Waals surface area contributed by atoms with Gasteiger partial charge in [-0.25, -0.2) is 0 Å². The van der Waals surface area contributed by atoms with Crippen molar-refractivity contribution in [1.82, 2.24) is 67.5 Å². The van der Waals surface area contributed by atoms with Gasteiger partial charge in [0, 0.05) is 95.8 Å². The van der Waals surface area contributed by atoms with Crippen LogP contribution in [0.2, 0.25) is 0 Å². The summed E-state index contributed by atoms with van der Waals surface area (Å²) in [6.07, 6.45) is -0.588. The van der Waals surface area contributed by atoms with E-state index in [0.717, 1.165) is 28.8 Å². The number of imide groups is 1. The minimum Gasteiger partial charge on any atom is -0.505 e. The first-order valence-corrected chi connectivity index (χ1v) is 43.3. The number of carboxylic acid groups (broad SMARTS) is 3. The summed E-state index contributed by atoms with van der Waals surface area (Å²) < 4.78 is 68.4. The third-order valence-electron chi connectivity index (χ3n) is 20.3. The van der Waals surface area contributed by atoms with Crippen molar-refractivity contribution in [2.24, 2.45) is 16.0 Å². The van der Waals surface area contributed by atoms with Gasteiger partial charge in [-0.3, -0.25) is 101 Å². The standard InChI is InChI=1S/C78H101N19O24S3/c1-44-33-47(48-17-20-51(45(2)34-48)92-93-52-21-18-49-59(123(116,117)118)38-60(124(119,120)121)70(79)69(49)71(52)109)16-19-50(44)88-73(111)54(86-63(100)40-94-27-29-95(41-67(105)106)31-32-96(30-28-94)42-68(107)108)13-6-8-23-82-61(98)22-26-97-65(102)37-58(77(97)115)122-43-64(101)83-24-9-7-14-55-74(112)89-53(15-10-25-84-78(80)81)72(110)85-39-62(99)87-57(36-66(103)104)76(114)91-56(75(113)90-55)35-46-11-4-3-5-12-46/h3-5,11-12,16-21,33-34,38,53-58,109H,6-10,13-15,22-32,35-37,39-43,79H2,1-2H3,(H,82,98)(H,83,101)(H,85,110)(H,86,100)(H,87,99)(H,88,111)(H,89,112)(H,90,113)(H,91,114)(H,103,104)(H,105,106)(H,107,108)(H4,80,81,84)(H,116,117,118)(H,119,120,121)/t53-,54+,55+,56?,57-,58?/m0/s1. The molecule has 3 aliphatic rings. The monoisotopic (exact) mass is 1780 g/mol. The highest BCUT2D eigenvalue weighted by atomic mass is 32.2. The maximum absolute atomic E-state index is 14.4. The van der Waals surface area contributed by atoms with Gasteiger partial charge in [-0.15, -0.1) is 16.9 Å². The molecule has 0 aliphatic carbocycles. The number of phenolic OH excluding ortho intramolecular Hbond substituents is 1. The second kappa shape index (κ2) is 45.7. The Morgan fingerprint density at radius 3 is 1.76 bits per heavy atom. The summed E-state index contributed by atoms with van der Waals surface area (Å²) in [4.78, 5) is 189. The second-order valence-electron chi connectivity index (χ2n) is 29.7. The van der Waals surface area contributed by atoms with Crippen LogP contribution >= 0.6 is 11.8 Å². The lowest BCUT2D eigenvalue weighted by Crippen LogP contribution is -2.58. The Labute approximate surface area is 716 Å². The molecule has 21 N–H and O–H groups in total. The van der Waals surface area contributed by atoms with E-state index in [0.29, 0.717) is 39.6 Å². The second-order valence-corrected chi connectivity index (χ2v) is 33.6. The molecule has 3 aliphatic heterocycles. The van der Waals surface area contributed by atoms with Crippen LogP contribution < -0.4 is 64.6 Å². The number of carbonyl (C=O) groups excluding carboxylic acids is 11. The van der Waals surface area contributed by atoms with Gasteiger partial charge in [0.2, 0.25) is 65.0 Å². The van der Waals surface area contributed by atoms with Crippen LogP contribution in [0.4, 0.5) is 22.7 Å². The van der Waals surface area contributed by atoms with Gasteiger partial charge in [0.25, 0.3) is 20.2 Å². The fraction of sp³-hybridized carbons (Fsp3) is 0.449. The third-order valence-corrected chi connectivity index (χ3v) is 23.3. The Kier molecular flexibility index (Phi) is 35.8. The van der Waals surface area contributed by atoms with Gasteiger partial charge in [0.1, 0.15) is 45.7 Å². The number of phenols is 1. The highest BCUT2D eigenvalue weighted by molar-refractivity contribution is 8.01. The minimum atomic E-state index is -5.16. The van der Waals surface area contributed by atoms with Crippen LogP contribution in [0.5, 0.6) is 5.75 Å². The summed E-state index contributed by atoms with van der Waals surface area (Å²) in [6.45, 7) is 3.11. The number of rotatable bonds is 38. The van der Waals surface area contributed by atoms with Crippen molar-refractivity contribution in [1.29, 1.82) is 5.41 Å². The van der Waals surface area contributed by atoms with Crippen LogP contribution in [0.3, 0.4) is 0 Å². The Hall–Kier alpha value is -12.3. The molecule has 8 rings (SSSR count). The van der Waals surface area contributed by atoms with Crippen LogP contribution in [0, 0.1) is 19.3 Å². The molecule has 2 unspecified atom stereocenters. The van der Waals surface area contributed by atoms with E-state index in [2.05, 4.69) is 63.4 Å². The lowest BCUT2D eigenvalue weighted by molar-refractivity contribution is -0.141. The minimum absolute atomic E-state index is 0.0352. The number of nitrogens with zero attached hydrogens (tertiary/aromatic N) is 6. The van der Waals surface area contributed by atoms with E-state index in [1.54, 1.807) is 95.3 Å². The summed E-state index contributed by atoms with van der Waals surface area (Å²) in [5.74, 6) is -13.1. The molecule has 670 valence electrons. The summed E-state index contributed by atoms with van der Waals surface area (Å²) in [5.41, 5.74) is 14.1. The zero-order valence-electron chi connectivity index (χ0n) is 67.7. The maximum atomic E-state index is 14.4. The van der Waals surface area contributed by atoms with Crippen molar-refractivity contribution < 1.29 is 113 Å². The molecule has 46 heteroatoms. The van der Waals surface area contributed by atoms with E-state index in [4.69, 9.17) is 16.9 Å². The molecule has 43 nitrogen and oxygen atoms in total. The number of fused-ring (bicyclic) bond motifs is 1. The van der Waals surface area contributed by atoms with E-state index in [1.165, 1.54) is 0 Å². The average Bonchev–Trinajstić information content (AvgIpc) is 0.843. The van der Waals surface area contributed by atoms with Gasteiger partial charge < -0.3 is 85.1 Å². The molecule has 5 aromatic rings. The lowest BCUT2D eigenvalue weighted by Gasteiger charge is -2.26. The molecule has 11 amide bonds. The summed E-state index contributed by atoms with van der Waals surface area (Å²) in [7, 11) is -10.3. The number of aryl methyl sites for hydroxylation is 2. The zero-order chi connectivity index (χ0) is 90.7. The number of hydrogen-bond donors (Lipinski definition) is 19. The fourth-order valence-corrected chi connectivity index (χ4v) is 16.2. The number of thioether (sulfide) groups is 1. The molecule has 0 saturated carbocycles. The molecule has 0 bridgehead atoms. The number of anilines is 2. The summed E-state index contributed by atoms with van der Waals surface area (Å²) in [6, 6.07) is 14.3. The highest BCUT2D eigenvalue weighted by Gasteiger charge is 2.40. The number of nitrogen functional groups attached to an aromatic ring is 1. The number of aromatic hydroxyl groups is 1. The van der Waals surface area contributed by atoms with Crippen molar-refractivity contribution in [3.05, 3.63) is 102 Å². The molecule has 0 spiro atoms. The molecule has 3 fully saturated rings. The first-order valence-electron chi connectivity index (χ1n) is 39.4. The quantitative estimate of drug-likeness (QED) is 0.00459. The number of hydrogen-bond acceptors (Lipinski definition) is 27. The van der Waals surface area contributed by atoms with E-state index in [-0.39, 0.29) is 184 Å². The number of likely N-dealkylation sites (tertiary alicyclic amines) is 1. The number of unbranched alkanes of at least 4 members (excludes halogenated alkanes) is 2. The van der Waals surface area contributed by atoms with Crippen molar-refractivity contribution >= 4 is 154 Å². The van der Waals surface area contributed by atoms with Gasteiger partial charge in [0.15, 0.2) is 11.7 Å². The Morgan fingerprint density at radius 1 is 0.605 bits per heavy atom. The predicted octanol–water partition coefficient (Wildman–Crippen LogP) is -0.294. The van der Waals surface area contributed by atoms with Gasteiger partial charge >= 0.3 is 17.9 Å². The number of guanidine groups is 1. The maximum Gasteiger partial charge on any atom is 0.317 e. The smallest absolute Gasteiger partial charge is 0.317 e. The first-order chi connectivity index (χ1) is 58.7. The molecule has 6 atom stereocenters. The number of azo groups is 1. The molecule has 5 aromatic carbocycles. The number of benzene rings is 5. The number of nitrogens with one attached hydrogen (secondary N) is 11. The SMILES string of the molecule is Cc1cc(-c2ccc(NC(=O)[C@@H](CCCCNC(=O)CCN3C(=O)CC(SCC(=O)NCCCC[C@H]4NC(=O)C(Cc5ccccc5)NC(=O)[C@H](CC(=O)O)NC(=O)CNC(=O)[C@H](CCCNC(=N)N)NC4=O)C3=O)NC(=O)CN3CCN(CC(=O)O)CCN(CC(=O)O)CC3)c(C)c2)ccc1N=Nc1ccc2c(S(=O)(=O)O)cc(S(=O)(=O)O)c(N)c2c1O. The topological polar surface area (TPSA) is 663 Å². The predicted molar refractivity (Wildman–Crippen MR) is 449 cm³/mol. The van der Waals surface area contributed by atoms with Gasteiger partial charge in [-0.05, 0) is 129 Å². The average molecular weight is 1780 g/mol. The number of carboxylic acids is 3. The van der Waals surface area contributed by atoms with Crippen LogP contribution in [0.25, 0.3) is 21.9 Å². The van der Waals surface area contributed by atoms with E-state index in [1.807, 2.05) is 0 Å². The molecular weight excluding hydrogens is 1680 g/mol. The number of aliphatic carboxylic acids is 3. The molecule has 0 aromatic heterocycles. The molecule has 0 radical (unpaired) electrons.